The zero-order chi connectivity index (χ0) is 13.2. The van der Waals surface area contributed by atoms with E-state index in [4.69, 9.17) is 11.2 Å². The molecule has 94 valence electrons. The second-order valence-corrected chi connectivity index (χ2v) is 4.36. The van der Waals surface area contributed by atoms with Crippen molar-refractivity contribution in [3.63, 3.8) is 0 Å². The van der Waals surface area contributed by atoms with Gasteiger partial charge in [-0.05, 0) is 29.8 Å². The van der Waals surface area contributed by atoms with E-state index in [1.54, 1.807) is 7.11 Å². The molecule has 0 saturated carbocycles. The van der Waals surface area contributed by atoms with Crippen LogP contribution in [0.4, 0.5) is 5.69 Å². The maximum atomic E-state index is 5.58. The summed E-state index contributed by atoms with van der Waals surface area (Å²) in [5.74, 6) is 3.58. The van der Waals surface area contributed by atoms with Crippen molar-refractivity contribution in [1.29, 1.82) is 0 Å². The van der Waals surface area contributed by atoms with Gasteiger partial charge >= 0.3 is 0 Å². The number of rotatable bonds is 2. The number of hydrogen-bond donors (Lipinski definition) is 2. The highest BCUT2D eigenvalue weighted by molar-refractivity contribution is 5.95. The first-order valence-corrected chi connectivity index (χ1v) is 6.09. The molecule has 0 saturated heterocycles. The molecule has 1 aromatic heterocycles. The molecule has 1 aliphatic rings. The van der Waals surface area contributed by atoms with Crippen molar-refractivity contribution in [3.8, 4) is 18.1 Å². The Hall–Kier alpha value is -2.60. The van der Waals surface area contributed by atoms with Gasteiger partial charge < -0.3 is 15.0 Å². The standard InChI is InChI=1S/C16H14N2O/c1-3-11-5-4-6-13-16(11)12(10-18-13)9-14-15(19-2)7-8-17-14/h1,4-9,17-18H,10H2,2H3/b12-9+. The number of nitrogens with one attached hydrogen (secondary N) is 2. The van der Waals surface area contributed by atoms with Crippen LogP contribution in [0.5, 0.6) is 5.75 Å². The molecule has 1 aromatic carbocycles. The fraction of sp³-hybridized carbons (Fsp3) is 0.125. The lowest BCUT2D eigenvalue weighted by molar-refractivity contribution is 0.414. The summed E-state index contributed by atoms with van der Waals surface area (Å²) in [4.78, 5) is 3.17. The molecule has 3 rings (SSSR count). The van der Waals surface area contributed by atoms with Gasteiger partial charge in [0.15, 0.2) is 0 Å². The van der Waals surface area contributed by atoms with E-state index in [0.29, 0.717) is 0 Å². The molecule has 0 spiro atoms. The first-order valence-electron chi connectivity index (χ1n) is 6.09. The summed E-state index contributed by atoms with van der Waals surface area (Å²) in [6.07, 6.45) is 9.52. The van der Waals surface area contributed by atoms with Gasteiger partial charge in [-0.1, -0.05) is 12.0 Å². The SMILES string of the molecule is C#Cc1cccc2c1/C(=C/c1[nH]ccc1OC)CN2. The van der Waals surface area contributed by atoms with E-state index in [-0.39, 0.29) is 0 Å². The summed E-state index contributed by atoms with van der Waals surface area (Å²) in [6, 6.07) is 7.89. The Labute approximate surface area is 112 Å². The Kier molecular flexibility index (Phi) is 2.77. The molecule has 2 heterocycles. The number of aromatic nitrogens is 1. The van der Waals surface area contributed by atoms with Crippen LogP contribution in [-0.2, 0) is 0 Å². The van der Waals surface area contributed by atoms with E-state index >= 15 is 0 Å². The molecule has 0 fully saturated rings. The Bertz CT molecular complexity index is 689. The zero-order valence-electron chi connectivity index (χ0n) is 10.7. The number of H-pyrrole nitrogens is 1. The van der Waals surface area contributed by atoms with Crippen LogP contribution in [0.25, 0.3) is 11.6 Å². The van der Waals surface area contributed by atoms with Gasteiger partial charge in [0.1, 0.15) is 5.75 Å². The molecular formula is C16H14N2O. The minimum atomic E-state index is 0.774. The van der Waals surface area contributed by atoms with Gasteiger partial charge in [0.05, 0.1) is 12.8 Å². The molecule has 1 aliphatic heterocycles. The highest BCUT2D eigenvalue weighted by Gasteiger charge is 2.19. The van der Waals surface area contributed by atoms with Crippen LogP contribution in [0.3, 0.4) is 0 Å². The van der Waals surface area contributed by atoms with E-state index in [0.717, 1.165) is 34.8 Å². The molecule has 2 aromatic rings. The highest BCUT2D eigenvalue weighted by Crippen LogP contribution is 2.35. The monoisotopic (exact) mass is 250 g/mol. The van der Waals surface area contributed by atoms with Crippen molar-refractivity contribution in [2.75, 3.05) is 19.0 Å². The van der Waals surface area contributed by atoms with Crippen LogP contribution in [-0.4, -0.2) is 18.6 Å². The number of aromatic amines is 1. The van der Waals surface area contributed by atoms with Crippen molar-refractivity contribution < 1.29 is 4.74 Å². The summed E-state index contributed by atoms with van der Waals surface area (Å²) in [6.45, 7) is 0.774. The third kappa shape index (κ3) is 1.88. The van der Waals surface area contributed by atoms with E-state index in [2.05, 4.69) is 22.3 Å². The van der Waals surface area contributed by atoms with Crippen LogP contribution in [0.15, 0.2) is 30.5 Å². The quantitative estimate of drug-likeness (QED) is 0.804. The smallest absolute Gasteiger partial charge is 0.143 e. The van der Waals surface area contributed by atoms with Gasteiger partial charge in [-0.25, -0.2) is 0 Å². The molecule has 0 aliphatic carbocycles. The molecule has 3 nitrogen and oxygen atoms in total. The predicted octanol–water partition coefficient (Wildman–Crippen LogP) is 2.97. The molecule has 0 unspecified atom stereocenters. The number of hydrogen-bond acceptors (Lipinski definition) is 2. The molecule has 0 amide bonds. The van der Waals surface area contributed by atoms with Crippen molar-refractivity contribution in [3.05, 3.63) is 47.3 Å². The van der Waals surface area contributed by atoms with Gasteiger partial charge in [0, 0.05) is 29.6 Å². The number of anilines is 1. The third-order valence-electron chi connectivity index (χ3n) is 3.29. The van der Waals surface area contributed by atoms with E-state index in [9.17, 15) is 0 Å². The molecule has 0 radical (unpaired) electrons. The number of terminal acetylenes is 1. The Morgan fingerprint density at radius 1 is 1.37 bits per heavy atom. The fourth-order valence-corrected chi connectivity index (χ4v) is 2.40. The summed E-state index contributed by atoms with van der Waals surface area (Å²) < 4.78 is 5.30. The van der Waals surface area contributed by atoms with Crippen molar-refractivity contribution in [2.24, 2.45) is 0 Å². The van der Waals surface area contributed by atoms with Crippen LogP contribution in [0.1, 0.15) is 16.8 Å². The lowest BCUT2D eigenvalue weighted by Crippen LogP contribution is -1.92. The van der Waals surface area contributed by atoms with E-state index in [1.807, 2.05) is 30.5 Å². The van der Waals surface area contributed by atoms with E-state index < -0.39 is 0 Å². The van der Waals surface area contributed by atoms with Gasteiger partial charge in [-0.3, -0.25) is 0 Å². The Morgan fingerprint density at radius 2 is 2.26 bits per heavy atom. The topological polar surface area (TPSA) is 37.0 Å². The fourth-order valence-electron chi connectivity index (χ4n) is 2.40. The van der Waals surface area contributed by atoms with Crippen molar-refractivity contribution in [1.82, 2.24) is 4.98 Å². The second kappa shape index (κ2) is 4.58. The zero-order valence-corrected chi connectivity index (χ0v) is 10.7. The van der Waals surface area contributed by atoms with E-state index in [1.165, 1.54) is 5.57 Å². The average Bonchev–Trinajstić information content (AvgIpc) is 3.06. The Balaban J connectivity index is 2.10. The molecule has 0 atom stereocenters. The van der Waals surface area contributed by atoms with Gasteiger partial charge in [-0.15, -0.1) is 6.42 Å². The molecule has 19 heavy (non-hydrogen) atoms. The lowest BCUT2D eigenvalue weighted by Gasteiger charge is -2.04. The molecule has 2 N–H and O–H groups in total. The van der Waals surface area contributed by atoms with Gasteiger partial charge in [-0.2, -0.15) is 0 Å². The summed E-state index contributed by atoms with van der Waals surface area (Å²) in [5.41, 5.74) is 5.25. The summed E-state index contributed by atoms with van der Waals surface area (Å²) in [5, 5.41) is 3.36. The molecule has 0 bridgehead atoms. The second-order valence-electron chi connectivity index (χ2n) is 4.36. The number of methoxy groups -OCH3 is 1. The van der Waals surface area contributed by atoms with Crippen LogP contribution >= 0.6 is 0 Å². The third-order valence-corrected chi connectivity index (χ3v) is 3.29. The van der Waals surface area contributed by atoms with Crippen LogP contribution in [0, 0.1) is 12.3 Å². The maximum Gasteiger partial charge on any atom is 0.143 e. The molecular weight excluding hydrogens is 236 g/mol. The lowest BCUT2D eigenvalue weighted by atomic mass is 10.0. The summed E-state index contributed by atoms with van der Waals surface area (Å²) >= 11 is 0. The highest BCUT2D eigenvalue weighted by atomic mass is 16.5. The van der Waals surface area contributed by atoms with Gasteiger partial charge in [0.2, 0.25) is 0 Å². The largest absolute Gasteiger partial charge is 0.495 e. The number of ether oxygens (including phenoxy) is 1. The number of fused-ring (bicyclic) bond motifs is 1. The first kappa shape index (κ1) is 11.5. The minimum Gasteiger partial charge on any atom is -0.495 e. The van der Waals surface area contributed by atoms with Crippen LogP contribution in [0.2, 0.25) is 0 Å². The van der Waals surface area contributed by atoms with Gasteiger partial charge in [0.25, 0.3) is 0 Å². The van der Waals surface area contributed by atoms with Crippen LogP contribution < -0.4 is 10.1 Å². The first-order chi connectivity index (χ1) is 9.33. The maximum absolute atomic E-state index is 5.58. The normalized spacial score (nSPS) is 14.8. The number of benzene rings is 1. The predicted molar refractivity (Wildman–Crippen MR) is 78.1 cm³/mol. The summed E-state index contributed by atoms with van der Waals surface area (Å²) in [7, 11) is 1.67. The Morgan fingerprint density at radius 3 is 3.05 bits per heavy atom. The van der Waals surface area contributed by atoms with Crippen molar-refractivity contribution >= 4 is 17.3 Å². The average molecular weight is 250 g/mol. The minimum absolute atomic E-state index is 0.774. The molecule has 3 heteroatoms. The van der Waals surface area contributed by atoms with Crippen molar-refractivity contribution in [2.45, 2.75) is 0 Å².